The summed E-state index contributed by atoms with van der Waals surface area (Å²) in [5.41, 5.74) is 0.489. The molecular formula is C22H32N2O4Si+. The minimum absolute atomic E-state index is 0.0294. The third-order valence-electron chi connectivity index (χ3n) is 6.41. The van der Waals surface area contributed by atoms with Crippen LogP contribution in [0.5, 0.6) is 0 Å². The van der Waals surface area contributed by atoms with Crippen LogP contribution < -0.4 is 0 Å². The molecule has 3 radical (unpaired) electrons. The molecule has 2 saturated heterocycles. The van der Waals surface area contributed by atoms with Gasteiger partial charge in [0.1, 0.15) is 12.2 Å². The lowest BCUT2D eigenvalue weighted by molar-refractivity contribution is -0.781. The van der Waals surface area contributed by atoms with E-state index in [1.54, 1.807) is 4.90 Å². The molecule has 0 N–H and O–H groups in total. The summed E-state index contributed by atoms with van der Waals surface area (Å²) in [5, 5.41) is 0. The Kier molecular flexibility index (Phi) is 5.84. The molecule has 0 bridgehead atoms. The van der Waals surface area contributed by atoms with Gasteiger partial charge >= 0.3 is 22.6 Å². The van der Waals surface area contributed by atoms with E-state index in [-0.39, 0.29) is 40.4 Å². The highest BCUT2D eigenvalue weighted by molar-refractivity contribution is 6.03. The van der Waals surface area contributed by atoms with Gasteiger partial charge in [-0.05, 0) is 40.2 Å². The Morgan fingerprint density at radius 1 is 1.24 bits per heavy atom. The molecule has 7 heteroatoms. The van der Waals surface area contributed by atoms with Crippen LogP contribution in [0.25, 0.3) is 0 Å². The molecular weight excluding hydrogens is 384 g/mol. The first-order chi connectivity index (χ1) is 13.5. The van der Waals surface area contributed by atoms with Crippen molar-refractivity contribution in [3.05, 3.63) is 35.9 Å². The second kappa shape index (κ2) is 7.76. The van der Waals surface area contributed by atoms with Crippen molar-refractivity contribution >= 4 is 22.6 Å². The second-order valence-electron chi connectivity index (χ2n) is 9.58. The number of quaternary nitrogens is 1. The molecule has 157 valence electrons. The average molecular weight is 417 g/mol. The Labute approximate surface area is 177 Å². The van der Waals surface area contributed by atoms with Crippen LogP contribution in [0.2, 0.25) is 0 Å². The van der Waals surface area contributed by atoms with Crippen LogP contribution in [0.15, 0.2) is 30.3 Å². The molecule has 2 fully saturated rings. The van der Waals surface area contributed by atoms with E-state index in [1.807, 2.05) is 51.1 Å². The number of rotatable bonds is 2. The predicted octanol–water partition coefficient (Wildman–Crippen LogP) is 4.03. The minimum Gasteiger partial charge on any atom is -0.445 e. The number of amides is 2. The van der Waals surface area contributed by atoms with Crippen LogP contribution in [0.3, 0.4) is 0 Å². The van der Waals surface area contributed by atoms with E-state index < -0.39 is 5.60 Å². The van der Waals surface area contributed by atoms with Gasteiger partial charge in [0.05, 0.1) is 12.6 Å². The van der Waals surface area contributed by atoms with Gasteiger partial charge in [-0.2, -0.15) is 4.79 Å². The Balaban J connectivity index is 1.57. The SMILES string of the molecule is C[C@H]1N(C(=O)OCc2ccccc2)C[C@]12CC[N+]([Si])(C(=O)OC(C)(C)C)[C@@H](C)C2. The Bertz CT molecular complexity index is 766. The quantitative estimate of drug-likeness (QED) is 0.683. The molecule has 1 aromatic carbocycles. The fraction of sp³-hybridized carbons (Fsp3) is 0.636. The topological polar surface area (TPSA) is 55.8 Å². The standard InChI is InChI=1S/C22H32N2O4Si/c1-16-13-22(11-12-24(16,29)20(26)28-21(3,4)5)15-23(17(22)2)19(25)27-14-18-9-7-6-8-10-18/h6-10,16-17H,11-15H2,1-5H3/q+1/t16-,17+,22+,24?/m0/s1. The molecule has 0 saturated carbocycles. The third kappa shape index (κ3) is 4.35. The van der Waals surface area contributed by atoms with Gasteiger partial charge in [-0.3, -0.25) is 4.15 Å². The first kappa shape index (κ1) is 21.8. The molecule has 0 aliphatic carbocycles. The highest BCUT2D eigenvalue weighted by Gasteiger charge is 2.60. The molecule has 3 rings (SSSR count). The van der Waals surface area contributed by atoms with Gasteiger partial charge in [0.15, 0.2) is 0 Å². The number of hydrogen-bond donors (Lipinski definition) is 0. The molecule has 6 nitrogen and oxygen atoms in total. The largest absolute Gasteiger partial charge is 0.498 e. The number of piperidine rings is 1. The first-order valence-electron chi connectivity index (χ1n) is 10.3. The van der Waals surface area contributed by atoms with Crippen LogP contribution in [0, 0.1) is 5.41 Å². The fourth-order valence-electron chi connectivity index (χ4n) is 4.45. The molecule has 2 aliphatic rings. The summed E-state index contributed by atoms with van der Waals surface area (Å²) in [6.45, 7) is 11.4. The van der Waals surface area contributed by atoms with E-state index >= 15 is 0 Å². The lowest BCUT2D eigenvalue weighted by atomic mass is 9.64. The van der Waals surface area contributed by atoms with Crippen molar-refractivity contribution in [3.8, 4) is 0 Å². The number of hydrogen-bond acceptors (Lipinski definition) is 4. The van der Waals surface area contributed by atoms with Crippen molar-refractivity contribution in [2.24, 2.45) is 5.41 Å². The summed E-state index contributed by atoms with van der Waals surface area (Å²) >= 11 is 0. The smallest absolute Gasteiger partial charge is 0.445 e. The first-order valence-corrected chi connectivity index (χ1v) is 10.8. The van der Waals surface area contributed by atoms with Crippen molar-refractivity contribution in [3.63, 3.8) is 0 Å². The van der Waals surface area contributed by atoms with Gasteiger partial charge in [0.2, 0.25) is 0 Å². The number of ether oxygens (including phenoxy) is 2. The fourth-order valence-corrected chi connectivity index (χ4v) is 4.70. The van der Waals surface area contributed by atoms with E-state index in [4.69, 9.17) is 9.47 Å². The summed E-state index contributed by atoms with van der Waals surface area (Å²) in [4.78, 5) is 27.1. The minimum atomic E-state index is -0.521. The van der Waals surface area contributed by atoms with Crippen molar-refractivity contribution in [2.45, 2.75) is 71.8 Å². The molecule has 1 spiro atoms. The van der Waals surface area contributed by atoms with E-state index in [1.165, 1.54) is 0 Å². The number of carbonyl (C=O) groups is 2. The van der Waals surface area contributed by atoms with Crippen LogP contribution >= 0.6 is 0 Å². The zero-order chi connectivity index (χ0) is 21.4. The Morgan fingerprint density at radius 3 is 2.45 bits per heavy atom. The molecule has 1 aromatic rings. The van der Waals surface area contributed by atoms with E-state index in [0.29, 0.717) is 13.1 Å². The monoisotopic (exact) mass is 416 g/mol. The third-order valence-corrected chi connectivity index (χ3v) is 7.26. The highest BCUT2D eigenvalue weighted by atomic mass is 28.2. The van der Waals surface area contributed by atoms with Gasteiger partial charge in [-0.1, -0.05) is 30.3 Å². The van der Waals surface area contributed by atoms with Gasteiger partial charge < -0.3 is 14.4 Å². The number of nitrogens with zero attached hydrogens (tertiary/aromatic N) is 2. The molecule has 2 aliphatic heterocycles. The van der Waals surface area contributed by atoms with Crippen molar-refractivity contribution in [2.75, 3.05) is 13.1 Å². The summed E-state index contributed by atoms with van der Waals surface area (Å²) in [5.74, 6) is 0. The number of benzene rings is 1. The number of likely N-dealkylation sites (tertiary alicyclic amines) is 2. The molecule has 4 atom stereocenters. The highest BCUT2D eigenvalue weighted by Crippen LogP contribution is 2.49. The molecule has 1 unspecified atom stereocenters. The Hall–Kier alpha value is -1.86. The summed E-state index contributed by atoms with van der Waals surface area (Å²) < 4.78 is 11.2. The molecule has 29 heavy (non-hydrogen) atoms. The van der Waals surface area contributed by atoms with Crippen LogP contribution in [0.4, 0.5) is 9.59 Å². The predicted molar refractivity (Wildman–Crippen MR) is 111 cm³/mol. The van der Waals surface area contributed by atoms with Gasteiger partial charge in [-0.25, -0.2) is 4.79 Å². The molecule has 2 heterocycles. The second-order valence-corrected chi connectivity index (χ2v) is 10.4. The van der Waals surface area contributed by atoms with Gasteiger partial charge in [0, 0.05) is 30.8 Å². The maximum atomic E-state index is 12.8. The number of carbonyl (C=O) groups excluding carboxylic acids is 2. The van der Waals surface area contributed by atoms with Gasteiger partial charge in [-0.15, -0.1) is 0 Å². The average Bonchev–Trinajstić information content (AvgIpc) is 2.66. The van der Waals surface area contributed by atoms with Crippen molar-refractivity contribution in [1.29, 1.82) is 0 Å². The molecule has 0 aromatic heterocycles. The lowest BCUT2D eigenvalue weighted by Crippen LogP contribution is -2.72. The van der Waals surface area contributed by atoms with Crippen molar-refractivity contribution in [1.82, 2.24) is 4.90 Å². The van der Waals surface area contributed by atoms with Crippen LogP contribution in [-0.2, 0) is 16.1 Å². The zero-order valence-electron chi connectivity index (χ0n) is 18.1. The normalized spacial score (nSPS) is 31.9. The Morgan fingerprint density at radius 2 is 1.90 bits per heavy atom. The molecule has 2 amide bonds. The maximum Gasteiger partial charge on any atom is 0.498 e. The van der Waals surface area contributed by atoms with E-state index in [9.17, 15) is 9.59 Å². The van der Waals surface area contributed by atoms with Gasteiger partial charge in [0.25, 0.3) is 0 Å². The van der Waals surface area contributed by atoms with E-state index in [2.05, 4.69) is 24.3 Å². The lowest BCUT2D eigenvalue weighted by Gasteiger charge is -2.60. The van der Waals surface area contributed by atoms with Crippen molar-refractivity contribution < 1.29 is 23.2 Å². The maximum absolute atomic E-state index is 12.8. The van der Waals surface area contributed by atoms with Crippen LogP contribution in [0.1, 0.15) is 53.0 Å². The van der Waals surface area contributed by atoms with Crippen LogP contribution in [-0.4, -0.2) is 62.4 Å². The summed E-state index contributed by atoms with van der Waals surface area (Å²) in [7, 11) is 3.72. The summed E-state index contributed by atoms with van der Waals surface area (Å²) in [6.07, 6.45) is 1.18. The zero-order valence-corrected chi connectivity index (χ0v) is 19.1. The van der Waals surface area contributed by atoms with E-state index in [0.717, 1.165) is 18.4 Å². The summed E-state index contributed by atoms with van der Waals surface area (Å²) in [6, 6.07) is 9.85.